The van der Waals surface area contributed by atoms with Crippen LogP contribution in [0.15, 0.2) is 46.9 Å². The number of hydrogen-bond donors (Lipinski definition) is 6. The molecule has 1 aliphatic heterocycles. The van der Waals surface area contributed by atoms with Crippen molar-refractivity contribution >= 4 is 11.0 Å². The van der Waals surface area contributed by atoms with Gasteiger partial charge in [0.2, 0.25) is 12.0 Å². The lowest BCUT2D eigenvalue weighted by atomic mass is 10.1. The lowest BCUT2D eigenvalue weighted by molar-refractivity contribution is -0.242. The minimum Gasteiger partial charge on any atom is -1.00 e. The Morgan fingerprint density at radius 2 is 1.60 bits per heavy atom. The first-order chi connectivity index (χ1) is 13.8. The zero-order valence-corrected chi connectivity index (χ0v) is 16.1. The van der Waals surface area contributed by atoms with Crippen LogP contribution >= 0.6 is 0 Å². The molecule has 4 rings (SSSR count). The van der Waals surface area contributed by atoms with Crippen LogP contribution in [0.25, 0.3) is 22.3 Å². The molecule has 1 saturated heterocycles. The maximum atomic E-state index is 10.2. The Balaban J connectivity index is 0.00000256. The second-order valence-corrected chi connectivity index (χ2v) is 6.73. The van der Waals surface area contributed by atoms with Gasteiger partial charge in [0.25, 0.3) is 0 Å². The summed E-state index contributed by atoms with van der Waals surface area (Å²) in [6, 6.07) is 9.88. The summed E-state index contributed by atoms with van der Waals surface area (Å²) < 4.78 is 16.8. The van der Waals surface area contributed by atoms with Gasteiger partial charge >= 0.3 is 11.3 Å². The fraction of sp³-hybridized carbons (Fsp3) is 0.250. The third-order valence-electron chi connectivity index (χ3n) is 4.64. The van der Waals surface area contributed by atoms with E-state index in [4.69, 9.17) is 13.9 Å². The van der Waals surface area contributed by atoms with Gasteiger partial charge in [0.15, 0.2) is 0 Å². The molecule has 0 aliphatic carbocycles. The number of hydrogen-bond acceptors (Lipinski definition) is 8. The van der Waals surface area contributed by atoms with Crippen molar-refractivity contribution in [2.24, 2.45) is 0 Å². The van der Waals surface area contributed by atoms with Gasteiger partial charge in [0, 0.05) is 12.1 Å². The molecule has 0 spiro atoms. The van der Waals surface area contributed by atoms with Gasteiger partial charge in [-0.15, -0.1) is 0 Å². The van der Waals surface area contributed by atoms with Gasteiger partial charge < -0.3 is 52.5 Å². The molecule has 30 heavy (non-hydrogen) atoms. The number of aliphatic hydroxyl groups is 3. The van der Waals surface area contributed by atoms with Crippen molar-refractivity contribution in [2.75, 3.05) is 6.61 Å². The number of aromatic hydroxyl groups is 3. The molecular formula is C20H19ClO9. The molecule has 160 valence electrons. The summed E-state index contributed by atoms with van der Waals surface area (Å²) in [7, 11) is 0. The molecular weight excluding hydrogens is 420 g/mol. The van der Waals surface area contributed by atoms with Crippen molar-refractivity contribution in [1.82, 2.24) is 0 Å². The van der Waals surface area contributed by atoms with Gasteiger partial charge in [0.1, 0.15) is 40.9 Å². The molecule has 3 aromatic rings. The van der Waals surface area contributed by atoms with Crippen LogP contribution in [0.5, 0.6) is 23.0 Å². The first-order valence-corrected chi connectivity index (χ1v) is 8.78. The molecule has 9 nitrogen and oxygen atoms in total. The topological polar surface area (TPSA) is 151 Å². The number of phenolic OH excluding ortho intramolecular Hbond substituents is 3. The molecule has 1 aliphatic rings. The molecule has 2 aromatic carbocycles. The van der Waals surface area contributed by atoms with Crippen LogP contribution in [0.4, 0.5) is 0 Å². The van der Waals surface area contributed by atoms with Crippen molar-refractivity contribution in [3.63, 3.8) is 0 Å². The molecule has 1 fully saturated rings. The average molecular weight is 439 g/mol. The lowest BCUT2D eigenvalue weighted by Gasteiger charge is -2.34. The SMILES string of the molecule is Oc1ccc(-c2[o+]c3cc(O)cc(O)c3cc2OC2OCC(O)C(O)C2O)cc1.[Cl-]. The maximum absolute atomic E-state index is 10.2. The lowest BCUT2D eigenvalue weighted by Crippen LogP contribution is -3.00. The van der Waals surface area contributed by atoms with Crippen LogP contribution in [0, 0.1) is 0 Å². The van der Waals surface area contributed by atoms with Gasteiger partial charge in [-0.25, -0.2) is 4.42 Å². The summed E-state index contributed by atoms with van der Waals surface area (Å²) in [5.74, 6) is -0.190. The van der Waals surface area contributed by atoms with E-state index in [9.17, 15) is 30.6 Å². The number of phenols is 3. The number of fused-ring (bicyclic) bond motifs is 1. The van der Waals surface area contributed by atoms with E-state index < -0.39 is 24.6 Å². The van der Waals surface area contributed by atoms with E-state index in [1.807, 2.05) is 0 Å². The summed E-state index contributed by atoms with van der Waals surface area (Å²) in [5, 5.41) is 59.3. The zero-order valence-electron chi connectivity index (χ0n) is 15.3. The van der Waals surface area contributed by atoms with E-state index in [-0.39, 0.29) is 58.7 Å². The van der Waals surface area contributed by atoms with E-state index in [2.05, 4.69) is 0 Å². The summed E-state index contributed by atoms with van der Waals surface area (Å²) >= 11 is 0. The van der Waals surface area contributed by atoms with Crippen LogP contribution < -0.4 is 17.1 Å². The second-order valence-electron chi connectivity index (χ2n) is 6.73. The largest absolute Gasteiger partial charge is 1.00 e. The molecule has 0 radical (unpaired) electrons. The van der Waals surface area contributed by atoms with Crippen LogP contribution in [0.3, 0.4) is 0 Å². The molecule has 2 heterocycles. The minimum atomic E-state index is -1.53. The van der Waals surface area contributed by atoms with Gasteiger partial charge in [-0.2, -0.15) is 0 Å². The van der Waals surface area contributed by atoms with Gasteiger partial charge in [-0.05, 0) is 24.3 Å². The summed E-state index contributed by atoms with van der Waals surface area (Å²) in [6.07, 6.45) is -5.56. The highest BCUT2D eigenvalue weighted by molar-refractivity contribution is 5.88. The Kier molecular flexibility index (Phi) is 6.20. The molecule has 4 unspecified atom stereocenters. The number of ether oxygens (including phenoxy) is 2. The standard InChI is InChI=1S/C20H18O9.ClH/c21-10-3-1-9(2-4-10)19-16(29-20-18(26)17(25)14(24)8-27-20)7-12-13(23)5-11(22)6-15(12)28-19;/h1-7,14,17-18,20,24-26H,8H2,(H2-,21,22,23);1H. The van der Waals surface area contributed by atoms with Crippen LogP contribution in [-0.4, -0.2) is 61.8 Å². The molecule has 0 bridgehead atoms. The summed E-state index contributed by atoms with van der Waals surface area (Å²) in [6.45, 7) is -0.249. The Hall–Kier alpha value is -2.82. The van der Waals surface area contributed by atoms with Gasteiger partial charge in [0.05, 0.1) is 18.2 Å². The van der Waals surface area contributed by atoms with E-state index in [0.717, 1.165) is 6.07 Å². The van der Waals surface area contributed by atoms with E-state index >= 15 is 0 Å². The Morgan fingerprint density at radius 1 is 0.900 bits per heavy atom. The number of halogens is 1. The van der Waals surface area contributed by atoms with E-state index in [0.29, 0.717) is 5.56 Å². The zero-order chi connectivity index (χ0) is 20.7. The van der Waals surface area contributed by atoms with Crippen LogP contribution in [0.1, 0.15) is 0 Å². The highest BCUT2D eigenvalue weighted by Crippen LogP contribution is 2.40. The molecule has 6 N–H and O–H groups in total. The molecule has 1 aromatic heterocycles. The van der Waals surface area contributed by atoms with Crippen LogP contribution in [-0.2, 0) is 4.74 Å². The fourth-order valence-electron chi connectivity index (χ4n) is 3.09. The fourth-order valence-corrected chi connectivity index (χ4v) is 3.09. The molecule has 10 heteroatoms. The first kappa shape index (κ1) is 21.9. The third kappa shape index (κ3) is 4.07. The highest BCUT2D eigenvalue weighted by Gasteiger charge is 2.40. The van der Waals surface area contributed by atoms with Gasteiger partial charge in [-0.3, -0.25) is 0 Å². The first-order valence-electron chi connectivity index (χ1n) is 8.78. The van der Waals surface area contributed by atoms with Crippen molar-refractivity contribution < 1.29 is 56.9 Å². The van der Waals surface area contributed by atoms with E-state index in [1.165, 1.54) is 24.3 Å². The Bertz CT molecular complexity index is 1040. The summed E-state index contributed by atoms with van der Waals surface area (Å²) in [4.78, 5) is 0. The second kappa shape index (κ2) is 8.50. The highest BCUT2D eigenvalue weighted by atomic mass is 35.5. The minimum absolute atomic E-state index is 0. The Morgan fingerprint density at radius 3 is 2.30 bits per heavy atom. The molecule has 0 amide bonds. The average Bonchev–Trinajstić information content (AvgIpc) is 2.69. The molecule has 0 saturated carbocycles. The van der Waals surface area contributed by atoms with Crippen LogP contribution in [0.2, 0.25) is 0 Å². The van der Waals surface area contributed by atoms with Crippen molar-refractivity contribution in [3.8, 4) is 34.3 Å². The monoisotopic (exact) mass is 438 g/mol. The predicted octanol–water partition coefficient (Wildman–Crippen LogP) is -1.68. The number of rotatable bonds is 3. The van der Waals surface area contributed by atoms with Crippen molar-refractivity contribution in [1.29, 1.82) is 0 Å². The Labute approximate surface area is 176 Å². The van der Waals surface area contributed by atoms with Crippen molar-refractivity contribution in [2.45, 2.75) is 24.6 Å². The number of aliphatic hydroxyl groups excluding tert-OH is 3. The molecule has 4 atom stereocenters. The van der Waals surface area contributed by atoms with E-state index in [1.54, 1.807) is 12.1 Å². The predicted molar refractivity (Wildman–Crippen MR) is 99.4 cm³/mol. The van der Waals surface area contributed by atoms with Gasteiger partial charge in [-0.1, -0.05) is 0 Å². The number of benzene rings is 2. The maximum Gasteiger partial charge on any atom is 0.402 e. The smallest absolute Gasteiger partial charge is 0.402 e. The normalized spacial score (nSPS) is 23.7. The quantitative estimate of drug-likeness (QED) is 0.263. The summed E-state index contributed by atoms with van der Waals surface area (Å²) in [5.41, 5.74) is 0.659. The third-order valence-corrected chi connectivity index (χ3v) is 4.64. The van der Waals surface area contributed by atoms with Crippen molar-refractivity contribution in [3.05, 3.63) is 42.5 Å².